The van der Waals surface area contributed by atoms with Crippen LogP contribution in [0.5, 0.6) is 0 Å². The molecule has 5 nitrogen and oxygen atoms in total. The number of aromatic nitrogens is 3. The van der Waals surface area contributed by atoms with Crippen molar-refractivity contribution in [2.24, 2.45) is 47.3 Å². The number of hydrogen-bond donors (Lipinski definition) is 0. The lowest BCUT2D eigenvalue weighted by molar-refractivity contribution is -0.272. The van der Waals surface area contributed by atoms with Crippen molar-refractivity contribution in [1.82, 2.24) is 15.0 Å². The molecule has 4 aliphatic carbocycles. The van der Waals surface area contributed by atoms with Crippen molar-refractivity contribution in [2.75, 3.05) is 0 Å². The minimum absolute atomic E-state index is 0.231. The molecule has 10 unspecified atom stereocenters. The van der Waals surface area contributed by atoms with Crippen LogP contribution in [0.3, 0.4) is 0 Å². The summed E-state index contributed by atoms with van der Waals surface area (Å²) < 4.78 is 15.2. The maximum atomic E-state index is 8.23. The summed E-state index contributed by atoms with van der Waals surface area (Å²) in [5.74, 6) is 7.10. The Bertz CT molecular complexity index is 2710. The summed E-state index contributed by atoms with van der Waals surface area (Å²) in [6.07, 6.45) is 10.4. The summed E-state index contributed by atoms with van der Waals surface area (Å²) in [5.41, 5.74) is 9.37. The van der Waals surface area contributed by atoms with Gasteiger partial charge in [-0.05, 0) is 140 Å². The molecule has 1 aliphatic heterocycles. The number of ether oxygens (including phenoxy) is 1. The zero-order valence-electron chi connectivity index (χ0n) is 35.4. The number of rotatable bonds is 4. The molecule has 7 aromatic rings. The smallest absolute Gasteiger partial charge is 0.164 e. The fourth-order valence-corrected chi connectivity index (χ4v) is 14.0. The number of benzene rings is 5. The van der Waals surface area contributed by atoms with E-state index in [0.717, 1.165) is 67.9 Å². The molecule has 302 valence electrons. The maximum Gasteiger partial charge on any atom is 0.164 e. The third-order valence-electron chi connectivity index (χ3n) is 16.1. The van der Waals surface area contributed by atoms with Crippen LogP contribution >= 0.6 is 0 Å². The average molecular weight is 790 g/mol. The van der Waals surface area contributed by atoms with E-state index in [0.29, 0.717) is 41.1 Å². The Balaban J connectivity index is 1.07. The Hall–Kier alpha value is -5.13. The van der Waals surface area contributed by atoms with E-state index in [1.165, 1.54) is 68.1 Å². The van der Waals surface area contributed by atoms with Crippen LogP contribution in [0.25, 0.3) is 67.2 Å². The van der Waals surface area contributed by atoms with E-state index in [1.54, 1.807) is 0 Å². The summed E-state index contributed by atoms with van der Waals surface area (Å²) in [5, 5.41) is 2.10. The first kappa shape index (κ1) is 36.7. The molecule has 0 radical (unpaired) electrons. The van der Waals surface area contributed by atoms with Crippen molar-refractivity contribution in [1.29, 1.82) is 0 Å². The molecule has 0 N–H and O–H groups in total. The molecule has 5 aliphatic rings. The standard InChI is InChI=1S/C55H55N3O2/c1-32-23-36-27-34(3)54(41(25-32)29-36)46-22-19-40(31-47(46)55(60-54)35(4)28-37-24-33(2)26-42(55)30-37)43-20-21-45(49-44-17-11-12-18-48(44)59-50(43)49)53-57-51(38-13-7-5-8-14-38)56-52(58-53)39-15-9-6-10-16-39/h5-22,31-37,41-42H,23-30H2,1-4H3. The zero-order valence-corrected chi connectivity index (χ0v) is 35.4. The van der Waals surface area contributed by atoms with Crippen molar-refractivity contribution < 1.29 is 9.15 Å². The van der Waals surface area contributed by atoms with Gasteiger partial charge in [0.15, 0.2) is 17.5 Å². The Kier molecular flexibility index (Phi) is 8.37. The highest BCUT2D eigenvalue weighted by atomic mass is 16.5. The number of para-hydroxylation sites is 1. The predicted molar refractivity (Wildman–Crippen MR) is 241 cm³/mol. The quantitative estimate of drug-likeness (QED) is 0.178. The fraction of sp³-hybridized carbons (Fsp3) is 0.400. The second-order valence-electron chi connectivity index (χ2n) is 20.0. The molecule has 60 heavy (non-hydrogen) atoms. The van der Waals surface area contributed by atoms with Gasteiger partial charge < -0.3 is 9.15 Å². The van der Waals surface area contributed by atoms with Crippen LogP contribution in [0.4, 0.5) is 0 Å². The average Bonchev–Trinajstić information content (AvgIpc) is 3.81. The van der Waals surface area contributed by atoms with Gasteiger partial charge in [-0.25, -0.2) is 15.0 Å². The van der Waals surface area contributed by atoms with Crippen LogP contribution in [-0.4, -0.2) is 15.0 Å². The Morgan fingerprint density at radius 1 is 0.483 bits per heavy atom. The van der Waals surface area contributed by atoms with Crippen molar-refractivity contribution in [3.05, 3.63) is 126 Å². The molecule has 12 rings (SSSR count). The summed E-state index contributed by atoms with van der Waals surface area (Å²) in [4.78, 5) is 15.4. The highest BCUT2D eigenvalue weighted by Gasteiger charge is 2.66. The molecule has 5 aromatic carbocycles. The van der Waals surface area contributed by atoms with Gasteiger partial charge in [-0.15, -0.1) is 0 Å². The topological polar surface area (TPSA) is 61.0 Å². The molecule has 4 bridgehead atoms. The molecule has 2 aromatic heterocycles. The van der Waals surface area contributed by atoms with E-state index in [9.17, 15) is 0 Å². The molecule has 4 saturated carbocycles. The molecule has 4 fully saturated rings. The van der Waals surface area contributed by atoms with Crippen LogP contribution < -0.4 is 0 Å². The Morgan fingerprint density at radius 3 is 1.67 bits per heavy atom. The van der Waals surface area contributed by atoms with Gasteiger partial charge >= 0.3 is 0 Å². The SMILES string of the molecule is CC1CC2CC(C)C3(OC4(c5cc(-c6ccc(-c7nc(-c8ccccc8)nc(-c8ccccc8)n7)c7c6oc6ccccc67)ccc53)C(C)CC3CC(C)CC4C3)C(C1)C2. The number of fused-ring (bicyclic) bond motifs is 12. The Morgan fingerprint density at radius 2 is 1.03 bits per heavy atom. The summed E-state index contributed by atoms with van der Waals surface area (Å²) in [7, 11) is 0. The van der Waals surface area contributed by atoms with E-state index in [1.807, 2.05) is 36.4 Å². The van der Waals surface area contributed by atoms with E-state index < -0.39 is 0 Å². The second kappa shape index (κ2) is 13.7. The van der Waals surface area contributed by atoms with Crippen LogP contribution in [0.2, 0.25) is 0 Å². The van der Waals surface area contributed by atoms with Gasteiger partial charge in [-0.1, -0.05) is 119 Å². The highest BCUT2D eigenvalue weighted by molar-refractivity contribution is 6.15. The first-order valence-electron chi connectivity index (χ1n) is 23.0. The molecule has 5 heteroatoms. The number of furan rings is 1. The molecule has 0 amide bonds. The van der Waals surface area contributed by atoms with Crippen LogP contribution in [0.15, 0.2) is 120 Å². The molecule has 2 spiro atoms. The normalized spacial score (nSPS) is 31.9. The molecular formula is C55H55N3O2. The fourth-order valence-electron chi connectivity index (χ4n) is 14.0. The molecular weight excluding hydrogens is 735 g/mol. The van der Waals surface area contributed by atoms with E-state index >= 15 is 0 Å². The Labute approximate surface area is 354 Å². The lowest BCUT2D eigenvalue weighted by atomic mass is 9.55. The zero-order chi connectivity index (χ0) is 40.3. The largest absolute Gasteiger partial charge is 0.455 e. The molecule has 0 saturated heterocycles. The monoisotopic (exact) mass is 789 g/mol. The predicted octanol–water partition coefficient (Wildman–Crippen LogP) is 14.0. The first-order valence-corrected chi connectivity index (χ1v) is 23.0. The lowest BCUT2D eigenvalue weighted by Gasteiger charge is -2.57. The third kappa shape index (κ3) is 5.43. The van der Waals surface area contributed by atoms with Crippen molar-refractivity contribution in [2.45, 2.75) is 90.3 Å². The van der Waals surface area contributed by atoms with Crippen LogP contribution in [0, 0.1) is 47.3 Å². The van der Waals surface area contributed by atoms with Gasteiger partial charge in [0.25, 0.3) is 0 Å². The van der Waals surface area contributed by atoms with Gasteiger partial charge in [-0.2, -0.15) is 0 Å². The summed E-state index contributed by atoms with van der Waals surface area (Å²) in [6, 6.07) is 40.9. The maximum absolute atomic E-state index is 8.23. The van der Waals surface area contributed by atoms with E-state index in [-0.39, 0.29) is 11.2 Å². The summed E-state index contributed by atoms with van der Waals surface area (Å²) in [6.45, 7) is 10.1. The molecule has 3 heterocycles. The summed E-state index contributed by atoms with van der Waals surface area (Å²) >= 11 is 0. The number of nitrogens with zero attached hydrogens (tertiary/aromatic N) is 3. The van der Waals surface area contributed by atoms with Gasteiger partial charge in [-0.3, -0.25) is 0 Å². The van der Waals surface area contributed by atoms with Crippen molar-refractivity contribution >= 4 is 21.9 Å². The first-order chi connectivity index (χ1) is 29.3. The van der Waals surface area contributed by atoms with Crippen LogP contribution in [0.1, 0.15) is 90.2 Å². The van der Waals surface area contributed by atoms with Crippen molar-refractivity contribution in [3.8, 4) is 45.3 Å². The minimum atomic E-state index is -0.280. The number of hydrogen-bond acceptors (Lipinski definition) is 5. The van der Waals surface area contributed by atoms with E-state index in [2.05, 4.69) is 107 Å². The molecule has 10 atom stereocenters. The lowest BCUT2D eigenvalue weighted by Crippen LogP contribution is -2.55. The van der Waals surface area contributed by atoms with Gasteiger partial charge in [0.2, 0.25) is 0 Å². The van der Waals surface area contributed by atoms with Crippen molar-refractivity contribution in [3.63, 3.8) is 0 Å². The third-order valence-corrected chi connectivity index (χ3v) is 16.1. The minimum Gasteiger partial charge on any atom is -0.455 e. The van der Waals surface area contributed by atoms with E-state index in [4.69, 9.17) is 24.1 Å². The second-order valence-corrected chi connectivity index (χ2v) is 20.0. The van der Waals surface area contributed by atoms with Gasteiger partial charge in [0, 0.05) is 33.0 Å². The van der Waals surface area contributed by atoms with Crippen LogP contribution in [-0.2, 0) is 15.9 Å². The van der Waals surface area contributed by atoms with Gasteiger partial charge in [0.05, 0.1) is 0 Å². The highest BCUT2D eigenvalue weighted by Crippen LogP contribution is 2.69. The van der Waals surface area contributed by atoms with Gasteiger partial charge in [0.1, 0.15) is 22.4 Å².